The van der Waals surface area contributed by atoms with Gasteiger partial charge in [-0.3, -0.25) is 4.57 Å². The van der Waals surface area contributed by atoms with Gasteiger partial charge in [0.05, 0.1) is 11.4 Å². The number of aryl methyl sites for hydroxylation is 2. The summed E-state index contributed by atoms with van der Waals surface area (Å²) in [6.45, 7) is 3.87. The van der Waals surface area contributed by atoms with Gasteiger partial charge in [-0.15, -0.1) is 0 Å². The lowest BCUT2D eigenvalue weighted by atomic mass is 10.2. The quantitative estimate of drug-likeness (QED) is 0.772. The molecule has 0 spiro atoms. The van der Waals surface area contributed by atoms with Gasteiger partial charge in [0.1, 0.15) is 5.82 Å². The van der Waals surface area contributed by atoms with Gasteiger partial charge in [-0.2, -0.15) is 0 Å². The number of hydrogen-bond donors (Lipinski definition) is 1. The topological polar surface area (TPSA) is 29.9 Å². The van der Waals surface area contributed by atoms with Crippen molar-refractivity contribution < 1.29 is 4.39 Å². The molecule has 3 nitrogen and oxygen atoms in total. The van der Waals surface area contributed by atoms with Crippen LogP contribution >= 0.6 is 0 Å². The van der Waals surface area contributed by atoms with Crippen LogP contribution in [0.3, 0.4) is 0 Å². The van der Waals surface area contributed by atoms with Crippen LogP contribution in [-0.2, 0) is 0 Å². The maximum absolute atomic E-state index is 13.5. The summed E-state index contributed by atoms with van der Waals surface area (Å²) in [4.78, 5) is 4.48. The summed E-state index contributed by atoms with van der Waals surface area (Å²) in [6.07, 6.45) is 1.90. The molecule has 1 heterocycles. The Kier molecular flexibility index (Phi) is 3.44. The van der Waals surface area contributed by atoms with E-state index in [1.165, 1.54) is 12.1 Å². The first-order valence-electron chi connectivity index (χ1n) is 6.78. The Bertz CT molecular complexity index is 763. The molecule has 0 aliphatic heterocycles. The zero-order valence-corrected chi connectivity index (χ0v) is 12.0. The average molecular weight is 281 g/mol. The summed E-state index contributed by atoms with van der Waals surface area (Å²) in [6, 6.07) is 14.6. The van der Waals surface area contributed by atoms with Crippen molar-refractivity contribution in [2.24, 2.45) is 0 Å². The van der Waals surface area contributed by atoms with Gasteiger partial charge >= 0.3 is 0 Å². The number of nitrogens with one attached hydrogen (secondary N) is 1. The van der Waals surface area contributed by atoms with Crippen molar-refractivity contribution >= 4 is 11.6 Å². The van der Waals surface area contributed by atoms with Crippen molar-refractivity contribution in [1.82, 2.24) is 9.55 Å². The molecule has 1 aromatic heterocycles. The van der Waals surface area contributed by atoms with E-state index in [-0.39, 0.29) is 5.82 Å². The maximum Gasteiger partial charge on any atom is 0.212 e. The summed E-state index contributed by atoms with van der Waals surface area (Å²) in [5, 5.41) is 3.27. The summed E-state index contributed by atoms with van der Waals surface area (Å²) in [7, 11) is 0. The van der Waals surface area contributed by atoms with Gasteiger partial charge in [0.25, 0.3) is 0 Å². The Hall–Kier alpha value is -2.62. The summed E-state index contributed by atoms with van der Waals surface area (Å²) >= 11 is 0. The lowest BCUT2D eigenvalue weighted by Crippen LogP contribution is -2.03. The van der Waals surface area contributed by atoms with E-state index in [0.29, 0.717) is 5.95 Å². The lowest BCUT2D eigenvalue weighted by Gasteiger charge is -2.12. The van der Waals surface area contributed by atoms with E-state index in [0.717, 1.165) is 22.6 Å². The van der Waals surface area contributed by atoms with Crippen molar-refractivity contribution in [3.8, 4) is 5.69 Å². The number of halogens is 1. The molecule has 0 fully saturated rings. The fourth-order valence-electron chi connectivity index (χ4n) is 2.26. The van der Waals surface area contributed by atoms with Crippen LogP contribution < -0.4 is 5.32 Å². The van der Waals surface area contributed by atoms with E-state index < -0.39 is 0 Å². The third kappa shape index (κ3) is 2.79. The van der Waals surface area contributed by atoms with Crippen LogP contribution in [0, 0.1) is 19.7 Å². The number of para-hydroxylation sites is 1. The molecule has 1 N–H and O–H groups in total. The van der Waals surface area contributed by atoms with Crippen LogP contribution in [0.25, 0.3) is 5.69 Å². The Morgan fingerprint density at radius 2 is 1.81 bits per heavy atom. The molecule has 0 saturated carbocycles. The molecule has 106 valence electrons. The van der Waals surface area contributed by atoms with Gasteiger partial charge in [0.15, 0.2) is 0 Å². The number of hydrogen-bond acceptors (Lipinski definition) is 2. The Labute approximate surface area is 123 Å². The number of imidazole rings is 1. The maximum atomic E-state index is 13.5. The van der Waals surface area contributed by atoms with E-state index in [1.807, 2.05) is 54.9 Å². The van der Waals surface area contributed by atoms with Crippen LogP contribution in [-0.4, -0.2) is 9.55 Å². The molecule has 0 unspecified atom stereocenters. The van der Waals surface area contributed by atoms with E-state index in [2.05, 4.69) is 10.3 Å². The van der Waals surface area contributed by atoms with E-state index in [9.17, 15) is 4.39 Å². The molecule has 2 aromatic carbocycles. The van der Waals surface area contributed by atoms with Crippen LogP contribution in [0.1, 0.15) is 11.3 Å². The molecule has 0 bridgehead atoms. The van der Waals surface area contributed by atoms with Crippen molar-refractivity contribution in [2.75, 3.05) is 5.32 Å². The highest BCUT2D eigenvalue weighted by Gasteiger charge is 2.10. The minimum Gasteiger partial charge on any atom is -0.325 e. The number of benzene rings is 2. The summed E-state index contributed by atoms with van der Waals surface area (Å²) < 4.78 is 15.4. The number of rotatable bonds is 3. The smallest absolute Gasteiger partial charge is 0.212 e. The standard InChI is InChI=1S/C17H16FN3/c1-12-8-9-14(18)10-16(12)21-11-13(2)19-17(21)20-15-6-4-3-5-7-15/h3-11H,1-2H3,(H,19,20). The highest BCUT2D eigenvalue weighted by atomic mass is 19.1. The Morgan fingerprint density at radius 3 is 2.57 bits per heavy atom. The highest BCUT2D eigenvalue weighted by molar-refractivity contribution is 5.57. The summed E-state index contributed by atoms with van der Waals surface area (Å²) in [5.74, 6) is 0.417. The second-order valence-corrected chi connectivity index (χ2v) is 5.00. The van der Waals surface area contributed by atoms with Gasteiger partial charge in [-0.1, -0.05) is 24.3 Å². The van der Waals surface area contributed by atoms with Crippen LogP contribution in [0.5, 0.6) is 0 Å². The molecular weight excluding hydrogens is 265 g/mol. The fourth-order valence-corrected chi connectivity index (χ4v) is 2.26. The first kappa shape index (κ1) is 13.4. The van der Waals surface area contributed by atoms with Gasteiger partial charge < -0.3 is 5.32 Å². The van der Waals surface area contributed by atoms with E-state index in [1.54, 1.807) is 6.07 Å². The average Bonchev–Trinajstić information content (AvgIpc) is 2.83. The number of nitrogens with zero attached hydrogens (tertiary/aromatic N) is 2. The molecule has 0 saturated heterocycles. The highest BCUT2D eigenvalue weighted by Crippen LogP contribution is 2.23. The van der Waals surface area contributed by atoms with Crippen LogP contribution in [0.2, 0.25) is 0 Å². The number of anilines is 2. The SMILES string of the molecule is Cc1cn(-c2cc(F)ccc2C)c(Nc2ccccc2)n1. The Morgan fingerprint density at radius 1 is 1.05 bits per heavy atom. The molecule has 3 aromatic rings. The first-order chi connectivity index (χ1) is 10.1. The minimum absolute atomic E-state index is 0.257. The second-order valence-electron chi connectivity index (χ2n) is 5.00. The largest absolute Gasteiger partial charge is 0.325 e. The lowest BCUT2D eigenvalue weighted by molar-refractivity contribution is 0.626. The van der Waals surface area contributed by atoms with Crippen LogP contribution in [0.15, 0.2) is 54.7 Å². The third-order valence-electron chi connectivity index (χ3n) is 3.29. The zero-order chi connectivity index (χ0) is 14.8. The molecule has 0 aliphatic rings. The molecular formula is C17H16FN3. The monoisotopic (exact) mass is 281 g/mol. The van der Waals surface area contributed by atoms with Gasteiger partial charge in [-0.25, -0.2) is 9.37 Å². The van der Waals surface area contributed by atoms with Crippen molar-refractivity contribution in [2.45, 2.75) is 13.8 Å². The zero-order valence-electron chi connectivity index (χ0n) is 12.0. The normalized spacial score (nSPS) is 10.6. The minimum atomic E-state index is -0.257. The molecule has 3 rings (SSSR count). The van der Waals surface area contributed by atoms with E-state index in [4.69, 9.17) is 0 Å². The van der Waals surface area contributed by atoms with Crippen molar-refractivity contribution in [1.29, 1.82) is 0 Å². The predicted molar refractivity (Wildman–Crippen MR) is 82.7 cm³/mol. The first-order valence-corrected chi connectivity index (χ1v) is 6.78. The van der Waals surface area contributed by atoms with Gasteiger partial charge in [0, 0.05) is 11.9 Å². The number of aromatic nitrogens is 2. The third-order valence-corrected chi connectivity index (χ3v) is 3.29. The van der Waals surface area contributed by atoms with Gasteiger partial charge in [0.2, 0.25) is 5.95 Å². The molecule has 0 atom stereocenters. The second kappa shape index (κ2) is 5.40. The predicted octanol–water partition coefficient (Wildman–Crippen LogP) is 4.37. The molecule has 4 heteroatoms. The van der Waals surface area contributed by atoms with Crippen molar-refractivity contribution in [3.05, 3.63) is 71.8 Å². The fraction of sp³-hybridized carbons (Fsp3) is 0.118. The molecule has 0 aliphatic carbocycles. The summed E-state index contributed by atoms with van der Waals surface area (Å²) in [5.41, 5.74) is 3.59. The van der Waals surface area contributed by atoms with E-state index >= 15 is 0 Å². The van der Waals surface area contributed by atoms with Crippen molar-refractivity contribution in [3.63, 3.8) is 0 Å². The molecule has 0 amide bonds. The molecule has 0 radical (unpaired) electrons. The van der Waals surface area contributed by atoms with Crippen LogP contribution in [0.4, 0.5) is 16.0 Å². The Balaban J connectivity index is 2.05. The van der Waals surface area contributed by atoms with Gasteiger partial charge in [-0.05, 0) is 43.7 Å². The molecule has 21 heavy (non-hydrogen) atoms.